The van der Waals surface area contributed by atoms with Gasteiger partial charge in [0.1, 0.15) is 17.7 Å². The van der Waals surface area contributed by atoms with E-state index in [1.807, 2.05) is 30.3 Å². The average Bonchev–Trinajstić information content (AvgIpc) is 3.52. The molecule has 0 saturated carbocycles. The maximum absolute atomic E-state index is 14.5. The monoisotopic (exact) mass is 718 g/mol. The summed E-state index contributed by atoms with van der Waals surface area (Å²) in [5.74, 6) is -2.87. The van der Waals surface area contributed by atoms with Crippen LogP contribution in [0.5, 0.6) is 0 Å². The minimum atomic E-state index is -4.69. The van der Waals surface area contributed by atoms with Crippen LogP contribution in [0.1, 0.15) is 52.5 Å². The van der Waals surface area contributed by atoms with Crippen molar-refractivity contribution in [1.82, 2.24) is 25.3 Å². The van der Waals surface area contributed by atoms with Crippen molar-refractivity contribution in [2.75, 3.05) is 44.3 Å². The van der Waals surface area contributed by atoms with Crippen LogP contribution in [0.4, 0.5) is 23.4 Å². The van der Waals surface area contributed by atoms with Gasteiger partial charge in [0.25, 0.3) is 11.8 Å². The van der Waals surface area contributed by atoms with E-state index in [1.54, 1.807) is 24.6 Å². The van der Waals surface area contributed by atoms with Crippen molar-refractivity contribution in [3.63, 3.8) is 0 Å². The zero-order valence-corrected chi connectivity index (χ0v) is 28.6. The number of nitrogens with one attached hydrogen (secondary N) is 2. The molecule has 0 radical (unpaired) electrons. The molecule has 4 aromatic rings. The molecule has 0 unspecified atom stereocenters. The standard InChI is InChI=1S/C38H38F4N6O4/c1-3-24(23-46-17-19-52-20-18-46)34(49)43-22-30-32-31(25-13-15-28(39)16-14-25)33(44-35(50)26-9-8-10-27(21-26)38(40,41)42)37(51)47(4-2)36(32)48(45-30)29-11-6-5-7-12-29/h3,5-16,21,31,33H,4,17-20,22-23H2,1-2H3,(H,43,49)(H,44,50)/b24-3+/t31-,33+/m1/s1. The lowest BCUT2D eigenvalue weighted by molar-refractivity contribution is -0.137. The molecule has 10 nitrogen and oxygen atoms in total. The molecule has 1 fully saturated rings. The first-order chi connectivity index (χ1) is 25.0. The van der Waals surface area contributed by atoms with Gasteiger partial charge >= 0.3 is 6.18 Å². The number of carbonyl (C=O) groups excluding carboxylic acids is 3. The molecule has 2 aliphatic heterocycles. The average molecular weight is 719 g/mol. The zero-order chi connectivity index (χ0) is 37.0. The number of carbonyl (C=O) groups is 3. The molecule has 1 aromatic heterocycles. The molecule has 1 saturated heterocycles. The number of alkyl halides is 3. The fourth-order valence-corrected chi connectivity index (χ4v) is 6.62. The van der Waals surface area contributed by atoms with Crippen LogP contribution in [0.15, 0.2) is 90.5 Å². The fourth-order valence-electron chi connectivity index (χ4n) is 6.62. The summed E-state index contributed by atoms with van der Waals surface area (Å²) in [6.45, 7) is 6.55. The number of halogens is 4. The van der Waals surface area contributed by atoms with Crippen LogP contribution in [0.25, 0.3) is 5.69 Å². The number of ether oxygens (including phenoxy) is 1. The van der Waals surface area contributed by atoms with Crippen LogP contribution < -0.4 is 15.5 Å². The van der Waals surface area contributed by atoms with E-state index in [0.29, 0.717) is 66.7 Å². The SMILES string of the molecule is C/C=C(\CN1CCOCC1)C(=O)NCc1nn(-c2ccccc2)c2c1[C@@H](c1ccc(F)cc1)[C@H](NC(=O)c1cccc(C(F)(F)F)c1)C(=O)N2CC. The van der Waals surface area contributed by atoms with Crippen molar-refractivity contribution >= 4 is 23.5 Å². The Balaban J connectivity index is 1.44. The third-order valence-electron chi connectivity index (χ3n) is 9.24. The van der Waals surface area contributed by atoms with Crippen LogP contribution in [0.3, 0.4) is 0 Å². The second kappa shape index (κ2) is 15.5. The van der Waals surface area contributed by atoms with Gasteiger partial charge in [0, 0.05) is 48.8 Å². The lowest BCUT2D eigenvalue weighted by Gasteiger charge is -2.38. The molecule has 3 aromatic carbocycles. The maximum Gasteiger partial charge on any atom is 0.416 e. The number of likely N-dealkylation sites (N-methyl/N-ethyl adjacent to an activating group) is 1. The summed E-state index contributed by atoms with van der Waals surface area (Å²) < 4.78 is 62.0. The number of hydrogen-bond acceptors (Lipinski definition) is 6. The Labute approximate surface area is 298 Å². The summed E-state index contributed by atoms with van der Waals surface area (Å²) in [4.78, 5) is 45.3. The van der Waals surface area contributed by atoms with Gasteiger partial charge < -0.3 is 15.4 Å². The first-order valence-electron chi connectivity index (χ1n) is 17.0. The van der Waals surface area contributed by atoms with Gasteiger partial charge in [-0.25, -0.2) is 9.07 Å². The molecule has 6 rings (SSSR count). The van der Waals surface area contributed by atoms with Crippen LogP contribution in [0, 0.1) is 5.82 Å². The lowest BCUT2D eigenvalue weighted by atomic mass is 9.80. The summed E-state index contributed by atoms with van der Waals surface area (Å²) in [6.07, 6.45) is -2.94. The van der Waals surface area contributed by atoms with Crippen LogP contribution in [0.2, 0.25) is 0 Å². The third-order valence-corrected chi connectivity index (χ3v) is 9.24. The van der Waals surface area contributed by atoms with E-state index >= 15 is 0 Å². The Morgan fingerprint density at radius 3 is 2.37 bits per heavy atom. The molecule has 272 valence electrons. The summed E-state index contributed by atoms with van der Waals surface area (Å²) in [5, 5.41) is 10.6. The number of anilines is 1. The Morgan fingerprint density at radius 2 is 1.71 bits per heavy atom. The molecule has 2 N–H and O–H groups in total. The van der Waals surface area contributed by atoms with Crippen molar-refractivity contribution in [1.29, 1.82) is 0 Å². The highest BCUT2D eigenvalue weighted by atomic mass is 19.4. The summed E-state index contributed by atoms with van der Waals surface area (Å²) in [5.41, 5.74) is 1.18. The molecule has 3 heterocycles. The van der Waals surface area contributed by atoms with Gasteiger partial charge in [-0.05, 0) is 61.9 Å². The second-order valence-corrected chi connectivity index (χ2v) is 12.5. The molecule has 0 spiro atoms. The summed E-state index contributed by atoms with van der Waals surface area (Å²) in [6, 6.07) is 17.1. The largest absolute Gasteiger partial charge is 0.416 e. The van der Waals surface area contributed by atoms with Crippen LogP contribution in [-0.2, 0) is 27.0 Å². The van der Waals surface area contributed by atoms with Gasteiger partial charge in [0.05, 0.1) is 36.7 Å². The molecular weight excluding hydrogens is 680 g/mol. The normalized spacial score (nSPS) is 18.2. The Morgan fingerprint density at radius 1 is 1.00 bits per heavy atom. The van der Waals surface area contributed by atoms with E-state index in [4.69, 9.17) is 9.84 Å². The number of aromatic nitrogens is 2. The topological polar surface area (TPSA) is 109 Å². The highest BCUT2D eigenvalue weighted by molar-refractivity contribution is 6.05. The fraction of sp³-hybridized carbons (Fsp3) is 0.316. The van der Waals surface area contributed by atoms with Crippen molar-refractivity contribution in [3.05, 3.63) is 124 Å². The number of nitrogens with zero attached hydrogens (tertiary/aromatic N) is 4. The number of allylic oxidation sites excluding steroid dienone is 1. The van der Waals surface area contributed by atoms with E-state index in [2.05, 4.69) is 15.5 Å². The number of fused-ring (bicyclic) bond motifs is 1. The highest BCUT2D eigenvalue weighted by Gasteiger charge is 2.46. The van der Waals surface area contributed by atoms with Gasteiger partial charge in [0.2, 0.25) is 5.91 Å². The van der Waals surface area contributed by atoms with Crippen molar-refractivity contribution in [2.24, 2.45) is 0 Å². The summed E-state index contributed by atoms with van der Waals surface area (Å²) in [7, 11) is 0. The van der Waals surface area contributed by atoms with Gasteiger partial charge in [-0.1, -0.05) is 42.5 Å². The molecule has 2 aliphatic rings. The van der Waals surface area contributed by atoms with Gasteiger partial charge in [-0.3, -0.25) is 24.2 Å². The van der Waals surface area contributed by atoms with Crippen LogP contribution >= 0.6 is 0 Å². The van der Waals surface area contributed by atoms with Gasteiger partial charge in [-0.15, -0.1) is 0 Å². The molecule has 2 atom stereocenters. The van der Waals surface area contributed by atoms with E-state index < -0.39 is 41.3 Å². The van der Waals surface area contributed by atoms with Crippen molar-refractivity contribution in [2.45, 2.75) is 38.5 Å². The summed E-state index contributed by atoms with van der Waals surface area (Å²) >= 11 is 0. The van der Waals surface area contributed by atoms with Crippen LogP contribution in [-0.4, -0.2) is 77.8 Å². The minimum absolute atomic E-state index is 0.0703. The quantitative estimate of drug-likeness (QED) is 0.172. The Bertz CT molecular complexity index is 1960. The van der Waals surface area contributed by atoms with E-state index in [0.717, 1.165) is 18.2 Å². The Kier molecular flexibility index (Phi) is 10.9. The molecule has 0 bridgehead atoms. The van der Waals surface area contributed by atoms with Crippen molar-refractivity contribution in [3.8, 4) is 5.69 Å². The predicted octanol–water partition coefficient (Wildman–Crippen LogP) is 5.22. The number of para-hydroxylation sites is 1. The smallest absolute Gasteiger partial charge is 0.379 e. The molecule has 3 amide bonds. The number of morpholine rings is 1. The highest BCUT2D eigenvalue weighted by Crippen LogP contribution is 2.44. The Hall–Kier alpha value is -5.34. The zero-order valence-electron chi connectivity index (χ0n) is 28.6. The molecule has 0 aliphatic carbocycles. The van der Waals surface area contributed by atoms with E-state index in [9.17, 15) is 31.9 Å². The molecule has 14 heteroatoms. The lowest BCUT2D eigenvalue weighted by Crippen LogP contribution is -2.55. The van der Waals surface area contributed by atoms with E-state index in [-0.39, 0.29) is 24.6 Å². The second-order valence-electron chi connectivity index (χ2n) is 12.5. The number of hydrogen-bond donors (Lipinski definition) is 2. The number of rotatable bonds is 10. The first-order valence-corrected chi connectivity index (χ1v) is 17.0. The number of amides is 3. The third kappa shape index (κ3) is 7.63. The minimum Gasteiger partial charge on any atom is -0.379 e. The first kappa shape index (κ1) is 36.5. The number of benzene rings is 3. The molecule has 52 heavy (non-hydrogen) atoms. The predicted molar refractivity (Wildman–Crippen MR) is 185 cm³/mol. The van der Waals surface area contributed by atoms with Crippen molar-refractivity contribution < 1.29 is 36.7 Å². The maximum atomic E-state index is 14.5. The van der Waals surface area contributed by atoms with Gasteiger partial charge in [0.15, 0.2) is 0 Å². The molecular formula is C38H38F4N6O4. The van der Waals surface area contributed by atoms with Gasteiger partial charge in [-0.2, -0.15) is 18.3 Å². The van der Waals surface area contributed by atoms with E-state index in [1.165, 1.54) is 35.2 Å².